The maximum absolute atomic E-state index is 14.8. The van der Waals surface area contributed by atoms with Crippen LogP contribution >= 0.6 is 11.6 Å². The third-order valence-electron chi connectivity index (χ3n) is 8.44. The summed E-state index contributed by atoms with van der Waals surface area (Å²) in [5, 5.41) is 19.4. The number of rotatable bonds is 4. The maximum Gasteiger partial charge on any atom is 0.490 e. The fourth-order valence-corrected chi connectivity index (χ4v) is 6.42. The van der Waals surface area contributed by atoms with Crippen molar-refractivity contribution in [3.8, 4) is 11.3 Å². The number of nitrogens with zero attached hydrogens (tertiary/aromatic N) is 4. The van der Waals surface area contributed by atoms with Crippen LogP contribution in [-0.2, 0) is 11.3 Å². The van der Waals surface area contributed by atoms with Gasteiger partial charge in [0.05, 0.1) is 28.1 Å². The Morgan fingerprint density at radius 3 is 2.51 bits per heavy atom. The Balaban J connectivity index is 0.000000472. The topological polar surface area (TPSA) is 83.3 Å². The average molecular weight is 620 g/mol. The van der Waals surface area contributed by atoms with Gasteiger partial charge in [0.1, 0.15) is 0 Å². The molecule has 1 aliphatic carbocycles. The molecule has 12 heteroatoms. The van der Waals surface area contributed by atoms with Crippen LogP contribution < -0.4 is 5.32 Å². The SMILES string of the molecule is Cc1nnn2c1-c1ccc(C3=CCN(C4CCCCC4)CC3)cc1C(Nc1cccc(Cl)c1F)CC2.O=C(O)C(F)(F)F. The standard InChI is InChI=1S/C29H33ClFN5.C2HF3O2/c1-19-29-23-11-10-21(20-12-15-35(16-13-20)22-6-3-2-4-7-22)18-24(23)26(14-17-36(29)34-33-19)32-27-9-5-8-25(30)28(27)31;3-2(4,5)1(6)7/h5,8-12,18,22,26,32H,2-4,6-7,13-17H2,1H3;(H,6,7). The minimum atomic E-state index is -5.08. The first-order valence-corrected chi connectivity index (χ1v) is 14.9. The molecular formula is C31H34ClF4N5O2. The highest BCUT2D eigenvalue weighted by Crippen LogP contribution is 2.40. The molecule has 1 fully saturated rings. The number of carbonyl (C=O) groups is 1. The molecule has 3 heterocycles. The summed E-state index contributed by atoms with van der Waals surface area (Å²) in [5.74, 6) is -3.16. The summed E-state index contributed by atoms with van der Waals surface area (Å²) in [6.07, 6.45) is 5.99. The van der Waals surface area contributed by atoms with Crippen molar-refractivity contribution in [3.05, 3.63) is 70.1 Å². The third-order valence-corrected chi connectivity index (χ3v) is 8.73. The molecule has 230 valence electrons. The number of fused-ring (bicyclic) bond motifs is 3. The van der Waals surface area contributed by atoms with Crippen LogP contribution in [0, 0.1) is 12.7 Å². The number of hydrogen-bond donors (Lipinski definition) is 2. The van der Waals surface area contributed by atoms with Crippen molar-refractivity contribution >= 4 is 28.8 Å². The summed E-state index contributed by atoms with van der Waals surface area (Å²) in [7, 11) is 0. The summed E-state index contributed by atoms with van der Waals surface area (Å²) in [4.78, 5) is 11.6. The zero-order valence-corrected chi connectivity index (χ0v) is 24.6. The van der Waals surface area contributed by atoms with Crippen molar-refractivity contribution in [3.63, 3.8) is 0 Å². The number of halogens is 5. The van der Waals surface area contributed by atoms with E-state index in [9.17, 15) is 17.6 Å². The summed E-state index contributed by atoms with van der Waals surface area (Å²) in [5.41, 5.74) is 7.33. The number of aliphatic carboxylic acids is 1. The highest BCUT2D eigenvalue weighted by molar-refractivity contribution is 6.31. The molecule has 0 saturated heterocycles. The number of nitrogens with one attached hydrogen (secondary N) is 1. The van der Waals surface area contributed by atoms with Gasteiger partial charge in [-0.1, -0.05) is 60.4 Å². The number of aromatic nitrogens is 3. The molecule has 0 amide bonds. The van der Waals surface area contributed by atoms with E-state index in [1.165, 1.54) is 43.2 Å². The molecule has 3 aliphatic rings. The molecule has 1 atom stereocenters. The molecule has 0 radical (unpaired) electrons. The van der Waals surface area contributed by atoms with Gasteiger partial charge in [0, 0.05) is 31.2 Å². The van der Waals surface area contributed by atoms with Crippen molar-refractivity contribution in [2.45, 2.75) is 76.7 Å². The largest absolute Gasteiger partial charge is 0.490 e. The van der Waals surface area contributed by atoms with Crippen LogP contribution in [0.1, 0.15) is 67.8 Å². The van der Waals surface area contributed by atoms with Gasteiger partial charge in [0.25, 0.3) is 0 Å². The number of aryl methyl sites for hydroxylation is 2. The van der Waals surface area contributed by atoms with Crippen molar-refractivity contribution < 1.29 is 27.5 Å². The second kappa shape index (κ2) is 13.1. The fourth-order valence-electron chi connectivity index (χ4n) is 6.24. The second-order valence-corrected chi connectivity index (χ2v) is 11.6. The first-order valence-electron chi connectivity index (χ1n) is 14.5. The molecule has 0 bridgehead atoms. The number of hydrogen-bond acceptors (Lipinski definition) is 5. The van der Waals surface area contributed by atoms with E-state index in [1.807, 2.05) is 11.6 Å². The lowest BCUT2D eigenvalue weighted by molar-refractivity contribution is -0.192. The molecule has 2 N–H and O–H groups in total. The fraction of sp³-hybridized carbons (Fsp3) is 0.452. The maximum atomic E-state index is 14.8. The summed E-state index contributed by atoms with van der Waals surface area (Å²) >= 11 is 6.09. The van der Waals surface area contributed by atoms with Crippen molar-refractivity contribution in [2.75, 3.05) is 18.4 Å². The zero-order valence-electron chi connectivity index (χ0n) is 23.8. The molecule has 7 nitrogen and oxygen atoms in total. The number of carboxylic acids is 1. The lowest BCUT2D eigenvalue weighted by Gasteiger charge is -2.36. The lowest BCUT2D eigenvalue weighted by atomic mass is 9.89. The smallest absolute Gasteiger partial charge is 0.475 e. The molecular weight excluding hydrogens is 586 g/mol. The highest BCUT2D eigenvalue weighted by Gasteiger charge is 2.38. The molecule has 6 rings (SSSR count). The third kappa shape index (κ3) is 7.04. The normalized spacial score (nSPS) is 19.3. The first-order chi connectivity index (χ1) is 20.5. The Kier molecular flexibility index (Phi) is 9.41. The predicted octanol–water partition coefficient (Wildman–Crippen LogP) is 7.66. The van der Waals surface area contributed by atoms with Crippen LogP contribution in [-0.4, -0.2) is 56.3 Å². The number of alkyl halides is 3. The Bertz CT molecular complexity index is 1500. The van der Waals surface area contributed by atoms with Gasteiger partial charge in [-0.2, -0.15) is 13.2 Å². The molecule has 2 aromatic carbocycles. The molecule has 2 aliphatic heterocycles. The van der Waals surface area contributed by atoms with Gasteiger partial charge >= 0.3 is 12.1 Å². The molecule has 0 spiro atoms. The van der Waals surface area contributed by atoms with E-state index in [4.69, 9.17) is 21.5 Å². The van der Waals surface area contributed by atoms with Gasteiger partial charge in [-0.05, 0) is 67.5 Å². The van der Waals surface area contributed by atoms with Crippen LogP contribution in [0.25, 0.3) is 16.8 Å². The summed E-state index contributed by atoms with van der Waals surface area (Å²) in [6.45, 7) is 4.87. The van der Waals surface area contributed by atoms with E-state index in [0.717, 1.165) is 54.5 Å². The second-order valence-electron chi connectivity index (χ2n) is 11.2. The van der Waals surface area contributed by atoms with Crippen molar-refractivity contribution in [1.82, 2.24) is 19.9 Å². The monoisotopic (exact) mass is 619 g/mol. The van der Waals surface area contributed by atoms with Crippen molar-refractivity contribution in [2.24, 2.45) is 0 Å². The average Bonchev–Trinajstić information content (AvgIpc) is 3.29. The van der Waals surface area contributed by atoms with Crippen LogP contribution in [0.5, 0.6) is 0 Å². The minimum Gasteiger partial charge on any atom is -0.475 e. The van der Waals surface area contributed by atoms with Gasteiger partial charge in [-0.25, -0.2) is 13.9 Å². The van der Waals surface area contributed by atoms with E-state index in [-0.39, 0.29) is 11.1 Å². The van der Waals surface area contributed by atoms with Crippen LogP contribution in [0.4, 0.5) is 23.2 Å². The number of benzene rings is 2. The van der Waals surface area contributed by atoms with E-state index in [2.05, 4.69) is 44.8 Å². The van der Waals surface area contributed by atoms with Gasteiger partial charge in [0.15, 0.2) is 5.82 Å². The predicted molar refractivity (Wildman–Crippen MR) is 157 cm³/mol. The van der Waals surface area contributed by atoms with Gasteiger partial charge in [-0.3, -0.25) is 4.90 Å². The summed E-state index contributed by atoms with van der Waals surface area (Å²) in [6, 6.07) is 12.5. The number of anilines is 1. The molecule has 1 aromatic heterocycles. The van der Waals surface area contributed by atoms with E-state index in [1.54, 1.807) is 18.2 Å². The molecule has 3 aromatic rings. The van der Waals surface area contributed by atoms with E-state index in [0.29, 0.717) is 12.2 Å². The van der Waals surface area contributed by atoms with Gasteiger partial charge in [-0.15, -0.1) is 5.10 Å². The zero-order chi connectivity index (χ0) is 30.7. The van der Waals surface area contributed by atoms with Crippen LogP contribution in [0.2, 0.25) is 5.02 Å². The quantitative estimate of drug-likeness (QED) is 0.292. The van der Waals surface area contributed by atoms with Gasteiger partial charge < -0.3 is 10.4 Å². The minimum absolute atomic E-state index is 0.0723. The van der Waals surface area contributed by atoms with E-state index >= 15 is 0 Å². The van der Waals surface area contributed by atoms with Crippen molar-refractivity contribution in [1.29, 1.82) is 0 Å². The van der Waals surface area contributed by atoms with Crippen LogP contribution in [0.3, 0.4) is 0 Å². The van der Waals surface area contributed by atoms with Gasteiger partial charge in [0.2, 0.25) is 0 Å². The summed E-state index contributed by atoms with van der Waals surface area (Å²) < 4.78 is 48.5. The lowest BCUT2D eigenvalue weighted by Crippen LogP contribution is -2.39. The Morgan fingerprint density at radius 2 is 1.84 bits per heavy atom. The Hall–Kier alpha value is -3.44. The van der Waals surface area contributed by atoms with Crippen LogP contribution in [0.15, 0.2) is 42.5 Å². The van der Waals surface area contributed by atoms with E-state index < -0.39 is 18.0 Å². The number of carboxylic acid groups (broad SMARTS) is 1. The Labute approximate surface area is 252 Å². The highest BCUT2D eigenvalue weighted by atomic mass is 35.5. The molecule has 1 saturated carbocycles. The molecule has 1 unspecified atom stereocenters. The molecule has 43 heavy (non-hydrogen) atoms. The first kappa shape index (κ1) is 31.0. The Morgan fingerprint density at radius 1 is 1.09 bits per heavy atom.